The Morgan fingerprint density at radius 3 is 2.65 bits per heavy atom. The number of hydrogen-bond acceptors (Lipinski definition) is 6. The van der Waals surface area contributed by atoms with Gasteiger partial charge in [0.15, 0.2) is 0 Å². The van der Waals surface area contributed by atoms with E-state index in [0.29, 0.717) is 23.3 Å². The predicted molar refractivity (Wildman–Crippen MR) is 132 cm³/mol. The first-order chi connectivity index (χ1) is 16.6. The average molecular weight is 477 g/mol. The Morgan fingerprint density at radius 2 is 1.85 bits per heavy atom. The van der Waals surface area contributed by atoms with Gasteiger partial charge in [0.2, 0.25) is 5.88 Å². The molecule has 1 fully saturated rings. The second-order valence-electron chi connectivity index (χ2n) is 8.25. The van der Waals surface area contributed by atoms with Crippen molar-refractivity contribution in [2.24, 2.45) is 0 Å². The van der Waals surface area contributed by atoms with Crippen molar-refractivity contribution in [1.29, 1.82) is 0 Å². The maximum atomic E-state index is 12.7. The average Bonchev–Trinajstić information content (AvgIpc) is 3.37. The number of nitrogens with zero attached hydrogens (tertiary/aromatic N) is 4. The van der Waals surface area contributed by atoms with Gasteiger partial charge in [-0.1, -0.05) is 11.6 Å². The van der Waals surface area contributed by atoms with Crippen LogP contribution >= 0.6 is 11.6 Å². The molecule has 3 aromatic heterocycles. The zero-order valence-electron chi connectivity index (χ0n) is 18.7. The molecule has 1 aliphatic heterocycles. The highest BCUT2D eigenvalue weighted by Crippen LogP contribution is 2.21. The Morgan fingerprint density at radius 1 is 0.971 bits per heavy atom. The minimum absolute atomic E-state index is 0.184. The van der Waals surface area contributed by atoms with E-state index < -0.39 is 0 Å². The lowest BCUT2D eigenvalue weighted by Gasteiger charge is -2.14. The minimum Gasteiger partial charge on any atom is -0.487 e. The summed E-state index contributed by atoms with van der Waals surface area (Å²) in [7, 11) is 0. The van der Waals surface area contributed by atoms with Gasteiger partial charge >= 0.3 is 0 Å². The summed E-state index contributed by atoms with van der Waals surface area (Å²) in [6.07, 6.45) is 5.82. The molecule has 0 radical (unpaired) electrons. The van der Waals surface area contributed by atoms with Crippen molar-refractivity contribution < 1.29 is 9.47 Å². The van der Waals surface area contributed by atoms with Gasteiger partial charge in [0.05, 0.1) is 16.2 Å². The van der Waals surface area contributed by atoms with E-state index in [1.54, 1.807) is 35.2 Å². The van der Waals surface area contributed by atoms with Crippen LogP contribution in [0.15, 0.2) is 71.8 Å². The van der Waals surface area contributed by atoms with Crippen LogP contribution < -0.4 is 15.0 Å². The SMILES string of the molecule is O=c1cc(OCc2ccc(Cl)cn2)ccn1-c1ccc2nc(OCCN3CCCC3)ccc2c1. The number of rotatable bonds is 8. The topological polar surface area (TPSA) is 69.5 Å². The van der Waals surface area contributed by atoms with Crippen LogP contribution in [0.1, 0.15) is 18.5 Å². The number of ether oxygens (including phenoxy) is 2. The van der Waals surface area contributed by atoms with Crippen molar-refractivity contribution in [3.63, 3.8) is 0 Å². The fraction of sp³-hybridized carbons (Fsp3) is 0.269. The number of pyridine rings is 3. The molecule has 4 heterocycles. The lowest BCUT2D eigenvalue weighted by molar-refractivity contribution is 0.232. The van der Waals surface area contributed by atoms with Crippen molar-refractivity contribution in [1.82, 2.24) is 19.4 Å². The molecule has 1 saturated heterocycles. The smallest absolute Gasteiger partial charge is 0.258 e. The van der Waals surface area contributed by atoms with Gasteiger partial charge in [-0.15, -0.1) is 0 Å². The van der Waals surface area contributed by atoms with E-state index in [1.165, 1.54) is 18.9 Å². The third kappa shape index (κ3) is 5.38. The quantitative estimate of drug-likeness (QED) is 0.373. The van der Waals surface area contributed by atoms with Crippen LogP contribution in [0.2, 0.25) is 5.02 Å². The third-order valence-corrected chi connectivity index (χ3v) is 6.07. The van der Waals surface area contributed by atoms with E-state index in [9.17, 15) is 4.79 Å². The molecule has 1 aliphatic rings. The molecule has 5 rings (SSSR count). The molecule has 34 heavy (non-hydrogen) atoms. The summed E-state index contributed by atoms with van der Waals surface area (Å²) in [6.45, 7) is 4.13. The summed E-state index contributed by atoms with van der Waals surface area (Å²) < 4.78 is 13.1. The summed E-state index contributed by atoms with van der Waals surface area (Å²) >= 11 is 5.85. The molecule has 0 atom stereocenters. The second-order valence-corrected chi connectivity index (χ2v) is 8.69. The maximum Gasteiger partial charge on any atom is 0.258 e. The molecule has 8 heteroatoms. The van der Waals surface area contributed by atoms with Crippen molar-refractivity contribution in [3.8, 4) is 17.3 Å². The Hall–Kier alpha value is -3.42. The van der Waals surface area contributed by atoms with Gasteiger partial charge in [0.25, 0.3) is 5.56 Å². The highest BCUT2D eigenvalue weighted by atomic mass is 35.5. The van der Waals surface area contributed by atoms with Gasteiger partial charge in [-0.05, 0) is 68.4 Å². The number of hydrogen-bond donors (Lipinski definition) is 0. The summed E-state index contributed by atoms with van der Waals surface area (Å²) in [5.74, 6) is 1.10. The van der Waals surface area contributed by atoms with Gasteiger partial charge in [0, 0.05) is 42.1 Å². The summed E-state index contributed by atoms with van der Waals surface area (Å²) in [5, 5.41) is 1.50. The lowest BCUT2D eigenvalue weighted by Crippen LogP contribution is -2.25. The molecule has 0 spiro atoms. The van der Waals surface area contributed by atoms with Crippen LogP contribution in [0, 0.1) is 0 Å². The maximum absolute atomic E-state index is 12.7. The molecule has 1 aromatic carbocycles. The fourth-order valence-corrected chi connectivity index (χ4v) is 4.13. The third-order valence-electron chi connectivity index (χ3n) is 5.85. The van der Waals surface area contributed by atoms with E-state index in [1.807, 2.05) is 30.3 Å². The Bertz CT molecular complexity index is 1330. The lowest BCUT2D eigenvalue weighted by atomic mass is 10.2. The van der Waals surface area contributed by atoms with E-state index in [4.69, 9.17) is 21.1 Å². The number of halogens is 1. The van der Waals surface area contributed by atoms with E-state index in [0.717, 1.165) is 41.9 Å². The molecular weight excluding hydrogens is 452 g/mol. The number of fused-ring (bicyclic) bond motifs is 1. The fourth-order valence-electron chi connectivity index (χ4n) is 4.02. The van der Waals surface area contributed by atoms with Gasteiger partial charge in [-0.2, -0.15) is 0 Å². The van der Waals surface area contributed by atoms with E-state index >= 15 is 0 Å². The molecule has 0 unspecified atom stereocenters. The summed E-state index contributed by atoms with van der Waals surface area (Å²) in [6, 6.07) is 16.3. The van der Waals surface area contributed by atoms with Crippen LogP contribution in [0.3, 0.4) is 0 Å². The highest BCUT2D eigenvalue weighted by molar-refractivity contribution is 6.30. The molecule has 0 aliphatic carbocycles. The highest BCUT2D eigenvalue weighted by Gasteiger charge is 2.11. The predicted octanol–water partition coefficient (Wildman–Crippen LogP) is 4.49. The number of aromatic nitrogens is 3. The van der Waals surface area contributed by atoms with Crippen molar-refractivity contribution in [2.75, 3.05) is 26.2 Å². The first kappa shape index (κ1) is 22.4. The minimum atomic E-state index is -0.184. The molecular formula is C26H25ClN4O3. The van der Waals surface area contributed by atoms with E-state index in [2.05, 4.69) is 14.9 Å². The molecule has 0 N–H and O–H groups in total. The summed E-state index contributed by atoms with van der Waals surface area (Å²) in [4.78, 5) is 23.9. The summed E-state index contributed by atoms with van der Waals surface area (Å²) in [5.41, 5.74) is 2.13. The molecule has 0 amide bonds. The Balaban J connectivity index is 1.25. The van der Waals surface area contributed by atoms with Crippen LogP contribution in [0.5, 0.6) is 11.6 Å². The molecule has 0 saturated carbocycles. The van der Waals surface area contributed by atoms with Crippen molar-refractivity contribution >= 4 is 22.5 Å². The van der Waals surface area contributed by atoms with Gasteiger partial charge in [0.1, 0.15) is 19.0 Å². The number of benzene rings is 1. The Kier molecular flexibility index (Phi) is 6.74. The van der Waals surface area contributed by atoms with Crippen LogP contribution in [0.4, 0.5) is 0 Å². The first-order valence-electron chi connectivity index (χ1n) is 11.4. The second kappa shape index (κ2) is 10.2. The van der Waals surface area contributed by atoms with Crippen LogP contribution in [0.25, 0.3) is 16.6 Å². The zero-order valence-corrected chi connectivity index (χ0v) is 19.4. The van der Waals surface area contributed by atoms with Crippen molar-refractivity contribution in [2.45, 2.75) is 19.4 Å². The van der Waals surface area contributed by atoms with Gasteiger partial charge < -0.3 is 9.47 Å². The van der Waals surface area contributed by atoms with Gasteiger partial charge in [-0.3, -0.25) is 19.2 Å². The standard InChI is InChI=1S/C26H25ClN4O3/c27-20-4-5-21(28-17-20)18-34-23-9-12-31(26(32)16-23)22-6-7-24-19(15-22)3-8-25(29-24)33-14-13-30-10-1-2-11-30/h3-9,12,15-17H,1-2,10-11,13-14,18H2. The largest absolute Gasteiger partial charge is 0.487 e. The van der Waals surface area contributed by atoms with Gasteiger partial charge in [-0.25, -0.2) is 4.98 Å². The normalized spacial score (nSPS) is 13.9. The molecule has 0 bridgehead atoms. The number of likely N-dealkylation sites (tertiary alicyclic amines) is 1. The van der Waals surface area contributed by atoms with Crippen molar-refractivity contribution in [3.05, 3.63) is 88.1 Å². The first-order valence-corrected chi connectivity index (χ1v) is 11.7. The monoisotopic (exact) mass is 476 g/mol. The van der Waals surface area contributed by atoms with Crippen LogP contribution in [-0.2, 0) is 6.61 Å². The van der Waals surface area contributed by atoms with E-state index in [-0.39, 0.29) is 12.2 Å². The zero-order chi connectivity index (χ0) is 23.3. The Labute approximate surface area is 202 Å². The molecule has 174 valence electrons. The molecule has 4 aromatic rings. The van der Waals surface area contributed by atoms with Crippen LogP contribution in [-0.4, -0.2) is 45.7 Å². The molecule has 7 nitrogen and oxygen atoms in total.